The Morgan fingerprint density at radius 3 is 2.45 bits per heavy atom. The molecular formula is C22H27N7OS. The summed E-state index contributed by atoms with van der Waals surface area (Å²) >= 11 is 1.23. The first-order valence-corrected chi connectivity index (χ1v) is 11.1. The second-order valence-corrected chi connectivity index (χ2v) is 7.83. The predicted molar refractivity (Wildman–Crippen MR) is 128 cm³/mol. The van der Waals surface area contributed by atoms with Crippen molar-refractivity contribution in [3.63, 3.8) is 0 Å². The number of rotatable bonds is 10. The number of nitrogens with zero attached hydrogens (tertiary/aromatic N) is 5. The second kappa shape index (κ2) is 10.6. The van der Waals surface area contributed by atoms with Crippen molar-refractivity contribution in [2.24, 2.45) is 5.10 Å². The third-order valence-corrected chi connectivity index (χ3v) is 5.71. The molecule has 0 radical (unpaired) electrons. The van der Waals surface area contributed by atoms with Crippen LogP contribution in [0.5, 0.6) is 0 Å². The Hall–Kier alpha value is -3.33. The average Bonchev–Trinajstić information content (AvgIpc) is 3.14. The first-order valence-electron chi connectivity index (χ1n) is 10.1. The smallest absolute Gasteiger partial charge is 0.264 e. The van der Waals surface area contributed by atoms with Crippen LogP contribution >= 0.6 is 11.8 Å². The summed E-state index contributed by atoms with van der Waals surface area (Å²) in [4.78, 5) is 14.6. The number of aromatic nitrogens is 3. The molecule has 31 heavy (non-hydrogen) atoms. The molecule has 3 N–H and O–H groups in total. The zero-order chi connectivity index (χ0) is 22.2. The topological polar surface area (TPSA) is 101 Å². The molecule has 0 unspecified atom stereocenters. The zero-order valence-electron chi connectivity index (χ0n) is 17.9. The van der Waals surface area contributed by atoms with Crippen molar-refractivity contribution in [3.05, 3.63) is 65.2 Å². The van der Waals surface area contributed by atoms with Crippen molar-refractivity contribution in [3.8, 4) is 0 Å². The number of thioether (sulfide) groups is 1. The Labute approximate surface area is 186 Å². The summed E-state index contributed by atoms with van der Waals surface area (Å²) in [6.07, 6.45) is 1.69. The van der Waals surface area contributed by atoms with Crippen molar-refractivity contribution in [1.82, 2.24) is 14.9 Å². The van der Waals surface area contributed by atoms with Crippen LogP contribution in [-0.4, -0.2) is 45.7 Å². The Kier molecular flexibility index (Phi) is 7.66. The van der Waals surface area contributed by atoms with E-state index in [-0.39, 0.29) is 11.5 Å². The molecular weight excluding hydrogens is 410 g/mol. The minimum Gasteiger partial charge on any atom is -0.372 e. The fourth-order valence-electron chi connectivity index (χ4n) is 2.93. The number of anilines is 2. The Morgan fingerprint density at radius 1 is 1.13 bits per heavy atom. The lowest BCUT2D eigenvalue weighted by Gasteiger charge is -2.20. The van der Waals surface area contributed by atoms with Gasteiger partial charge in [0, 0.05) is 24.3 Å². The highest BCUT2D eigenvalue weighted by atomic mass is 32.2. The normalized spacial score (nSPS) is 11.1. The third kappa shape index (κ3) is 5.85. The standard InChI is InChI=1S/C22H27N7OS/c1-4-28(5-2)19-12-8-17(9-13-19)14-24-25-21-26-27-22(29(21)23)31-15-20(30)18-10-6-16(3)7-11-18/h6-14H,4-5,15,23H2,1-3H3,(H,25,26)/b24-14+. The van der Waals surface area contributed by atoms with Crippen molar-refractivity contribution in [2.75, 3.05) is 35.0 Å². The number of aryl methyl sites for hydroxylation is 1. The largest absolute Gasteiger partial charge is 0.372 e. The maximum absolute atomic E-state index is 12.3. The number of Topliss-reactive ketones (excluding diaryl/α,β-unsaturated/α-hetero) is 1. The van der Waals surface area contributed by atoms with E-state index in [1.54, 1.807) is 6.21 Å². The van der Waals surface area contributed by atoms with Gasteiger partial charge in [0.1, 0.15) is 0 Å². The van der Waals surface area contributed by atoms with Crippen molar-refractivity contribution >= 4 is 35.4 Å². The summed E-state index contributed by atoms with van der Waals surface area (Å²) in [5.41, 5.74) is 6.70. The number of hydrogen-bond acceptors (Lipinski definition) is 8. The average molecular weight is 438 g/mol. The van der Waals surface area contributed by atoms with E-state index in [0.717, 1.165) is 24.2 Å². The summed E-state index contributed by atoms with van der Waals surface area (Å²) in [5, 5.41) is 12.6. The fourth-order valence-corrected chi connectivity index (χ4v) is 3.68. The van der Waals surface area contributed by atoms with Crippen LogP contribution in [0.15, 0.2) is 58.8 Å². The van der Waals surface area contributed by atoms with Crippen LogP contribution in [0, 0.1) is 6.92 Å². The number of benzene rings is 2. The molecule has 0 atom stereocenters. The molecule has 162 valence electrons. The molecule has 1 heterocycles. The van der Waals surface area contributed by atoms with Crippen LogP contribution in [-0.2, 0) is 0 Å². The van der Waals surface area contributed by atoms with Gasteiger partial charge in [0.2, 0.25) is 5.16 Å². The molecule has 9 heteroatoms. The number of nitrogen functional groups attached to an aromatic ring is 1. The van der Waals surface area contributed by atoms with Crippen LogP contribution < -0.4 is 16.2 Å². The monoisotopic (exact) mass is 437 g/mol. The van der Waals surface area contributed by atoms with Crippen LogP contribution in [0.3, 0.4) is 0 Å². The molecule has 0 saturated carbocycles. The molecule has 0 spiro atoms. The summed E-state index contributed by atoms with van der Waals surface area (Å²) in [7, 11) is 0. The van der Waals surface area contributed by atoms with E-state index >= 15 is 0 Å². The predicted octanol–water partition coefficient (Wildman–Crippen LogP) is 3.57. The highest BCUT2D eigenvalue weighted by molar-refractivity contribution is 7.99. The quantitative estimate of drug-likeness (QED) is 0.164. The molecule has 3 rings (SSSR count). The van der Waals surface area contributed by atoms with E-state index < -0.39 is 0 Å². The second-order valence-electron chi connectivity index (χ2n) is 6.89. The van der Waals surface area contributed by atoms with Gasteiger partial charge in [0.05, 0.1) is 12.0 Å². The Morgan fingerprint density at radius 2 is 1.81 bits per heavy atom. The lowest BCUT2D eigenvalue weighted by atomic mass is 10.1. The maximum Gasteiger partial charge on any atom is 0.264 e. The number of carbonyl (C=O) groups excluding carboxylic acids is 1. The first-order chi connectivity index (χ1) is 15.0. The summed E-state index contributed by atoms with van der Waals surface area (Å²) in [5.74, 6) is 6.55. The van der Waals surface area contributed by atoms with E-state index in [1.165, 1.54) is 22.1 Å². The van der Waals surface area contributed by atoms with Gasteiger partial charge in [0.25, 0.3) is 5.95 Å². The molecule has 0 bridgehead atoms. The SMILES string of the molecule is CCN(CC)c1ccc(/C=N/Nc2nnc(SCC(=O)c3ccc(C)cc3)n2N)cc1. The zero-order valence-corrected chi connectivity index (χ0v) is 18.8. The van der Waals surface area contributed by atoms with Gasteiger partial charge >= 0.3 is 0 Å². The van der Waals surface area contributed by atoms with Crippen LogP contribution in [0.4, 0.5) is 11.6 Å². The van der Waals surface area contributed by atoms with E-state index in [0.29, 0.717) is 16.7 Å². The molecule has 0 aliphatic carbocycles. The van der Waals surface area contributed by atoms with Gasteiger partial charge in [-0.1, -0.05) is 53.7 Å². The van der Waals surface area contributed by atoms with Gasteiger partial charge < -0.3 is 10.7 Å². The molecule has 0 aliphatic heterocycles. The van der Waals surface area contributed by atoms with Crippen LogP contribution in [0.25, 0.3) is 0 Å². The summed E-state index contributed by atoms with van der Waals surface area (Å²) in [6.45, 7) is 8.19. The summed E-state index contributed by atoms with van der Waals surface area (Å²) in [6, 6.07) is 15.6. The minimum absolute atomic E-state index is 0.00804. The molecule has 0 aliphatic rings. The van der Waals surface area contributed by atoms with Crippen molar-refractivity contribution in [2.45, 2.75) is 25.9 Å². The van der Waals surface area contributed by atoms with Crippen molar-refractivity contribution < 1.29 is 4.79 Å². The van der Waals surface area contributed by atoms with Crippen molar-refractivity contribution in [1.29, 1.82) is 0 Å². The highest BCUT2D eigenvalue weighted by Crippen LogP contribution is 2.19. The van der Waals surface area contributed by atoms with Crippen LogP contribution in [0.1, 0.15) is 35.3 Å². The van der Waals surface area contributed by atoms with Gasteiger partial charge in [-0.3, -0.25) is 4.79 Å². The molecule has 2 aromatic carbocycles. The first kappa shape index (κ1) is 22.4. The Bertz CT molecular complexity index is 1030. The van der Waals surface area contributed by atoms with Gasteiger partial charge in [0.15, 0.2) is 5.78 Å². The van der Waals surface area contributed by atoms with Gasteiger partial charge in [-0.2, -0.15) is 5.10 Å². The molecule has 0 saturated heterocycles. The number of ketones is 1. The molecule has 1 aromatic heterocycles. The highest BCUT2D eigenvalue weighted by Gasteiger charge is 2.13. The maximum atomic E-state index is 12.3. The Balaban J connectivity index is 1.55. The molecule has 3 aromatic rings. The molecule has 0 fully saturated rings. The number of nitrogens with two attached hydrogens (primary N) is 1. The van der Waals surface area contributed by atoms with Gasteiger partial charge in [-0.25, -0.2) is 10.1 Å². The van der Waals surface area contributed by atoms with E-state index in [1.807, 2.05) is 43.3 Å². The van der Waals surface area contributed by atoms with Crippen LogP contribution in [0.2, 0.25) is 0 Å². The van der Waals surface area contributed by atoms with Gasteiger partial charge in [-0.05, 0) is 38.5 Å². The summed E-state index contributed by atoms with van der Waals surface area (Å²) < 4.78 is 1.29. The lowest BCUT2D eigenvalue weighted by Crippen LogP contribution is -2.21. The van der Waals surface area contributed by atoms with Gasteiger partial charge in [-0.15, -0.1) is 10.2 Å². The van der Waals surface area contributed by atoms with E-state index in [9.17, 15) is 4.79 Å². The number of hydrogen-bond donors (Lipinski definition) is 2. The third-order valence-electron chi connectivity index (χ3n) is 4.77. The van der Waals surface area contributed by atoms with E-state index in [2.05, 4.69) is 51.6 Å². The number of hydrazone groups is 1. The fraction of sp³-hybridized carbons (Fsp3) is 0.273. The van der Waals surface area contributed by atoms with E-state index in [4.69, 9.17) is 5.84 Å². The lowest BCUT2D eigenvalue weighted by molar-refractivity contribution is 0.102. The molecule has 0 amide bonds. The minimum atomic E-state index is 0.00804. The molecule has 8 nitrogen and oxygen atoms in total. The number of nitrogens with one attached hydrogen (secondary N) is 1. The number of carbonyl (C=O) groups is 1.